The van der Waals surface area contributed by atoms with Crippen molar-refractivity contribution in [2.45, 2.75) is 46.7 Å². The van der Waals surface area contributed by atoms with Crippen LogP contribution in [0, 0.1) is 25.7 Å². The zero-order chi connectivity index (χ0) is 26.6. The van der Waals surface area contributed by atoms with Crippen molar-refractivity contribution in [3.05, 3.63) is 106 Å². The number of aryl methyl sites for hydroxylation is 2. The molecule has 0 spiro atoms. The van der Waals surface area contributed by atoms with Crippen LogP contribution in [0.3, 0.4) is 0 Å². The molecule has 5 nitrogen and oxygen atoms in total. The van der Waals surface area contributed by atoms with Crippen molar-refractivity contribution in [3.8, 4) is 11.8 Å². The summed E-state index contributed by atoms with van der Waals surface area (Å²) in [4.78, 5) is 22.7. The van der Waals surface area contributed by atoms with Gasteiger partial charge in [0.15, 0.2) is 5.78 Å². The van der Waals surface area contributed by atoms with E-state index in [1.807, 2.05) is 53.9 Å². The Morgan fingerprint density at radius 3 is 2.53 bits per heavy atom. The lowest BCUT2D eigenvalue weighted by Crippen LogP contribution is -2.48. The first kappa shape index (κ1) is 25.9. The molecule has 0 aliphatic carbocycles. The summed E-state index contributed by atoms with van der Waals surface area (Å²) in [6.45, 7) is 14.2. The topological polar surface area (TPSA) is 40.9 Å². The van der Waals surface area contributed by atoms with E-state index < -0.39 is 0 Å². The fourth-order valence-corrected chi connectivity index (χ4v) is 5.10. The lowest BCUT2D eigenvalue weighted by atomic mass is 9.96. The summed E-state index contributed by atoms with van der Waals surface area (Å²) >= 11 is 0. The molecule has 0 bridgehead atoms. The molecule has 0 N–H and O–H groups in total. The molecular weight excluding hydrogens is 468 g/mol. The Kier molecular flexibility index (Phi) is 7.74. The summed E-state index contributed by atoms with van der Waals surface area (Å²) in [6, 6.07) is 18.8. The number of Topliss-reactive ketones (excluding diaryl/α,β-unsaturated/α-hetero) is 1. The van der Waals surface area contributed by atoms with Crippen LogP contribution in [0.2, 0.25) is 0 Å². The number of ketones is 1. The highest BCUT2D eigenvalue weighted by Gasteiger charge is 2.19. The highest BCUT2D eigenvalue weighted by molar-refractivity contribution is 5.98. The SMILES string of the molecule is Cc1ccc(C(=O)Cc2ccc(CN3CCN(C(C)C)CC3)c(C)c2)cc1C#Cc1cnc2ccccn12. The monoisotopic (exact) mass is 504 g/mol. The van der Waals surface area contributed by atoms with E-state index in [1.54, 1.807) is 6.20 Å². The van der Waals surface area contributed by atoms with E-state index >= 15 is 0 Å². The molecule has 3 heterocycles. The number of rotatable bonds is 6. The van der Waals surface area contributed by atoms with Gasteiger partial charge >= 0.3 is 0 Å². The Labute approximate surface area is 226 Å². The lowest BCUT2D eigenvalue weighted by Gasteiger charge is -2.37. The van der Waals surface area contributed by atoms with Crippen LogP contribution in [0.5, 0.6) is 0 Å². The van der Waals surface area contributed by atoms with Crippen LogP contribution >= 0.6 is 0 Å². The number of aromatic nitrogens is 2. The highest BCUT2D eigenvalue weighted by Crippen LogP contribution is 2.18. The minimum atomic E-state index is 0.111. The molecular formula is C33H36N4O. The number of benzene rings is 2. The average molecular weight is 505 g/mol. The second-order valence-electron chi connectivity index (χ2n) is 10.6. The average Bonchev–Trinajstić information content (AvgIpc) is 3.33. The second-order valence-corrected chi connectivity index (χ2v) is 10.6. The van der Waals surface area contributed by atoms with Crippen LogP contribution in [0.1, 0.15) is 57.7 Å². The first-order valence-corrected chi connectivity index (χ1v) is 13.5. The van der Waals surface area contributed by atoms with Crippen LogP contribution < -0.4 is 0 Å². The molecule has 0 atom stereocenters. The van der Waals surface area contributed by atoms with E-state index in [4.69, 9.17) is 0 Å². The fourth-order valence-electron chi connectivity index (χ4n) is 5.10. The first-order valence-electron chi connectivity index (χ1n) is 13.5. The Bertz CT molecular complexity index is 1510. The van der Waals surface area contributed by atoms with Crippen LogP contribution in [-0.2, 0) is 13.0 Å². The largest absolute Gasteiger partial charge is 0.298 e. The van der Waals surface area contributed by atoms with Crippen molar-refractivity contribution in [2.75, 3.05) is 26.2 Å². The van der Waals surface area contributed by atoms with Crippen LogP contribution in [0.4, 0.5) is 0 Å². The molecule has 38 heavy (non-hydrogen) atoms. The number of imidazole rings is 1. The predicted molar refractivity (Wildman–Crippen MR) is 154 cm³/mol. The first-order chi connectivity index (χ1) is 18.4. The molecule has 4 aromatic rings. The summed E-state index contributed by atoms with van der Waals surface area (Å²) in [5, 5.41) is 0. The standard InChI is InChI=1S/C33H36N4O/c1-24(2)36-17-15-35(16-18-36)23-30-11-9-27(19-26(30)4)20-32(38)29-10-8-25(3)28(21-29)12-13-31-22-34-33-7-5-6-14-37(31)33/h5-11,14,19,21-22,24H,15-18,20,23H2,1-4H3. The number of hydrogen-bond acceptors (Lipinski definition) is 4. The summed E-state index contributed by atoms with van der Waals surface area (Å²) in [7, 11) is 0. The van der Waals surface area contributed by atoms with Crippen molar-refractivity contribution in [3.63, 3.8) is 0 Å². The van der Waals surface area contributed by atoms with Gasteiger partial charge in [-0.15, -0.1) is 0 Å². The number of hydrogen-bond donors (Lipinski definition) is 0. The Morgan fingerprint density at radius 1 is 0.947 bits per heavy atom. The van der Waals surface area contributed by atoms with Gasteiger partial charge in [-0.2, -0.15) is 0 Å². The quantitative estimate of drug-likeness (QED) is 0.264. The van der Waals surface area contributed by atoms with Crippen molar-refractivity contribution in [1.82, 2.24) is 19.2 Å². The van der Waals surface area contributed by atoms with Gasteiger partial charge in [-0.05, 0) is 74.1 Å². The molecule has 5 rings (SSSR count). The van der Waals surface area contributed by atoms with E-state index in [1.165, 1.54) is 11.1 Å². The predicted octanol–water partition coefficient (Wildman–Crippen LogP) is 5.30. The maximum atomic E-state index is 13.2. The lowest BCUT2D eigenvalue weighted by molar-refractivity contribution is 0.0992. The molecule has 1 saturated heterocycles. The zero-order valence-electron chi connectivity index (χ0n) is 22.9. The summed E-state index contributed by atoms with van der Waals surface area (Å²) < 4.78 is 1.97. The molecule has 5 heteroatoms. The van der Waals surface area contributed by atoms with Crippen LogP contribution in [-0.4, -0.2) is 57.2 Å². The maximum Gasteiger partial charge on any atom is 0.167 e. The van der Waals surface area contributed by atoms with E-state index in [0.717, 1.165) is 60.8 Å². The van der Waals surface area contributed by atoms with Gasteiger partial charge in [-0.3, -0.25) is 19.0 Å². The molecule has 194 valence electrons. The summed E-state index contributed by atoms with van der Waals surface area (Å²) in [6.07, 6.45) is 4.13. The summed E-state index contributed by atoms with van der Waals surface area (Å²) in [5.74, 6) is 6.60. The minimum Gasteiger partial charge on any atom is -0.298 e. The van der Waals surface area contributed by atoms with E-state index in [-0.39, 0.29) is 5.78 Å². The van der Waals surface area contributed by atoms with E-state index in [0.29, 0.717) is 18.0 Å². The number of carbonyl (C=O) groups is 1. The molecule has 0 radical (unpaired) electrons. The molecule has 0 saturated carbocycles. The van der Waals surface area contributed by atoms with Gasteiger partial charge in [0.1, 0.15) is 11.3 Å². The molecule has 0 amide bonds. The Morgan fingerprint density at radius 2 is 1.76 bits per heavy atom. The maximum absolute atomic E-state index is 13.2. The summed E-state index contributed by atoms with van der Waals surface area (Å²) in [5.41, 5.74) is 7.97. The Hall–Kier alpha value is -3.72. The van der Waals surface area contributed by atoms with Gasteiger partial charge in [-0.25, -0.2) is 4.98 Å². The van der Waals surface area contributed by atoms with Crippen molar-refractivity contribution < 1.29 is 4.79 Å². The number of carbonyl (C=O) groups excluding carboxylic acids is 1. The van der Waals surface area contributed by atoms with Gasteiger partial charge < -0.3 is 0 Å². The normalized spacial score (nSPS) is 14.6. The molecule has 1 aliphatic heterocycles. The highest BCUT2D eigenvalue weighted by atomic mass is 16.1. The van der Waals surface area contributed by atoms with Gasteiger partial charge in [-0.1, -0.05) is 42.3 Å². The zero-order valence-corrected chi connectivity index (χ0v) is 22.9. The number of piperazine rings is 1. The van der Waals surface area contributed by atoms with Crippen molar-refractivity contribution in [1.29, 1.82) is 0 Å². The molecule has 2 aromatic carbocycles. The molecule has 1 aliphatic rings. The third-order valence-electron chi connectivity index (χ3n) is 7.60. The fraction of sp³-hybridized carbons (Fsp3) is 0.333. The van der Waals surface area contributed by atoms with Crippen LogP contribution in [0.25, 0.3) is 5.65 Å². The smallest absolute Gasteiger partial charge is 0.167 e. The number of nitrogens with zero attached hydrogens (tertiary/aromatic N) is 4. The second kappa shape index (κ2) is 11.3. The molecule has 1 fully saturated rings. The molecule has 0 unspecified atom stereocenters. The van der Waals surface area contributed by atoms with Crippen molar-refractivity contribution in [2.24, 2.45) is 0 Å². The van der Waals surface area contributed by atoms with Gasteiger partial charge in [0.25, 0.3) is 0 Å². The minimum absolute atomic E-state index is 0.111. The Balaban J connectivity index is 1.25. The van der Waals surface area contributed by atoms with Gasteiger partial charge in [0, 0.05) is 62.5 Å². The van der Waals surface area contributed by atoms with E-state index in [2.05, 4.69) is 65.6 Å². The molecule has 2 aromatic heterocycles. The van der Waals surface area contributed by atoms with Crippen molar-refractivity contribution >= 4 is 11.4 Å². The van der Waals surface area contributed by atoms with E-state index in [9.17, 15) is 4.79 Å². The third-order valence-corrected chi connectivity index (χ3v) is 7.60. The number of pyridine rings is 1. The van der Waals surface area contributed by atoms with Gasteiger partial charge in [0.05, 0.1) is 6.20 Å². The number of fused-ring (bicyclic) bond motifs is 1. The van der Waals surface area contributed by atoms with Gasteiger partial charge in [0.2, 0.25) is 0 Å². The van der Waals surface area contributed by atoms with Crippen LogP contribution in [0.15, 0.2) is 67.0 Å². The third kappa shape index (κ3) is 5.88.